The summed E-state index contributed by atoms with van der Waals surface area (Å²) in [6.45, 7) is 0.193. The number of likely N-dealkylation sites (N-methyl/N-ethyl adjacent to an activating group) is 1. The topological polar surface area (TPSA) is 121 Å². The van der Waals surface area contributed by atoms with Crippen molar-refractivity contribution in [2.75, 3.05) is 19.4 Å². The van der Waals surface area contributed by atoms with Gasteiger partial charge in [-0.1, -0.05) is 50.3 Å². The van der Waals surface area contributed by atoms with Crippen molar-refractivity contribution in [3.05, 3.63) is 71.4 Å². The number of aliphatic carboxylic acids is 1. The third-order valence-corrected chi connectivity index (χ3v) is 8.86. The average molecular weight is 585 g/mol. The Morgan fingerprint density at radius 2 is 1.67 bits per heavy atom. The first kappa shape index (κ1) is 30.1. The lowest BCUT2D eigenvalue weighted by atomic mass is 9.84. The van der Waals surface area contributed by atoms with Gasteiger partial charge in [-0.3, -0.25) is 14.4 Å². The monoisotopic (exact) mass is 584 g/mol. The maximum Gasteiger partial charge on any atom is 0.328 e. The van der Waals surface area contributed by atoms with E-state index in [1.54, 1.807) is 43.3 Å². The van der Waals surface area contributed by atoms with Gasteiger partial charge >= 0.3 is 5.97 Å². The van der Waals surface area contributed by atoms with Crippen LogP contribution in [-0.2, 0) is 20.9 Å². The summed E-state index contributed by atoms with van der Waals surface area (Å²) in [4.78, 5) is 52.3. The summed E-state index contributed by atoms with van der Waals surface area (Å²) < 4.78 is 1.96. The van der Waals surface area contributed by atoms with E-state index >= 15 is 0 Å². The Hall–Kier alpha value is -4.40. The molecule has 0 saturated heterocycles. The molecular formula is C34H40N4O5. The summed E-state index contributed by atoms with van der Waals surface area (Å²) in [6.07, 6.45) is 13.3. The maximum atomic E-state index is 13.7. The lowest BCUT2D eigenvalue weighted by molar-refractivity contribution is -0.131. The number of carboxylic acid groups (broad SMARTS) is 1. The van der Waals surface area contributed by atoms with Crippen molar-refractivity contribution in [1.82, 2.24) is 14.8 Å². The van der Waals surface area contributed by atoms with Crippen molar-refractivity contribution in [3.63, 3.8) is 0 Å². The third-order valence-electron chi connectivity index (χ3n) is 8.86. The highest BCUT2D eigenvalue weighted by Crippen LogP contribution is 2.38. The molecule has 2 fully saturated rings. The number of aromatic nitrogens is 1. The van der Waals surface area contributed by atoms with Crippen LogP contribution in [0.5, 0.6) is 0 Å². The number of nitrogens with one attached hydrogen (secondary N) is 2. The standard InChI is InChI=1S/C34H40N4O5/c1-37(2)30(39)22-38-21-28(24-8-4-3-5-9-24)27-16-13-25(20-29(27)38)32(42)36-34(18-6-7-19-34)33(43)35-26-14-10-23(11-15-26)12-17-31(40)41/h10-17,20-21,24H,3-9,18-19,22H2,1-2H3,(H,35,43)(H,36,42)(H,40,41). The molecule has 0 aliphatic heterocycles. The Bertz CT molecular complexity index is 1540. The molecule has 3 amide bonds. The van der Waals surface area contributed by atoms with Gasteiger partial charge in [-0.15, -0.1) is 0 Å². The number of fused-ring (bicyclic) bond motifs is 1. The molecule has 226 valence electrons. The molecule has 2 saturated carbocycles. The van der Waals surface area contributed by atoms with Crippen LogP contribution in [0, 0.1) is 0 Å². The van der Waals surface area contributed by atoms with Crippen molar-refractivity contribution >= 4 is 46.4 Å². The number of hydrogen-bond donors (Lipinski definition) is 3. The van der Waals surface area contributed by atoms with E-state index in [9.17, 15) is 19.2 Å². The Morgan fingerprint density at radius 1 is 0.977 bits per heavy atom. The van der Waals surface area contributed by atoms with Crippen LogP contribution in [0.1, 0.15) is 85.2 Å². The molecule has 0 bridgehead atoms. The van der Waals surface area contributed by atoms with E-state index in [1.807, 2.05) is 22.8 Å². The molecule has 3 N–H and O–H groups in total. The second-order valence-corrected chi connectivity index (χ2v) is 12.1. The number of carbonyl (C=O) groups is 4. The highest BCUT2D eigenvalue weighted by molar-refractivity contribution is 6.05. The number of anilines is 1. The van der Waals surface area contributed by atoms with Crippen LogP contribution >= 0.6 is 0 Å². The Kier molecular flexibility index (Phi) is 8.99. The van der Waals surface area contributed by atoms with Gasteiger partial charge in [0.25, 0.3) is 5.91 Å². The van der Waals surface area contributed by atoms with Crippen LogP contribution in [0.25, 0.3) is 17.0 Å². The lowest BCUT2D eigenvalue weighted by Crippen LogP contribution is -2.55. The van der Waals surface area contributed by atoms with Crippen molar-refractivity contribution in [1.29, 1.82) is 0 Å². The Labute approximate surface area is 251 Å². The molecule has 5 rings (SSSR count). The van der Waals surface area contributed by atoms with Crippen molar-refractivity contribution in [2.24, 2.45) is 0 Å². The zero-order chi connectivity index (χ0) is 30.6. The maximum absolute atomic E-state index is 13.7. The number of carbonyl (C=O) groups excluding carboxylic acids is 3. The average Bonchev–Trinajstić information content (AvgIpc) is 3.62. The predicted molar refractivity (Wildman–Crippen MR) is 167 cm³/mol. The molecule has 9 nitrogen and oxygen atoms in total. The normalized spacial score (nSPS) is 16.8. The Morgan fingerprint density at radius 3 is 2.33 bits per heavy atom. The van der Waals surface area contributed by atoms with Crippen LogP contribution in [0.15, 0.2) is 54.7 Å². The smallest absolute Gasteiger partial charge is 0.328 e. The van der Waals surface area contributed by atoms with Crippen LogP contribution in [0.4, 0.5) is 5.69 Å². The number of hydrogen-bond acceptors (Lipinski definition) is 4. The Balaban J connectivity index is 1.38. The van der Waals surface area contributed by atoms with Gasteiger partial charge in [0.15, 0.2) is 0 Å². The molecule has 1 aromatic heterocycles. The summed E-state index contributed by atoms with van der Waals surface area (Å²) in [5.74, 6) is -1.20. The predicted octanol–water partition coefficient (Wildman–Crippen LogP) is 5.56. The number of nitrogens with zero attached hydrogens (tertiary/aromatic N) is 2. The summed E-state index contributed by atoms with van der Waals surface area (Å²) in [6, 6.07) is 12.5. The quantitative estimate of drug-likeness (QED) is 0.285. The van der Waals surface area contributed by atoms with Crippen LogP contribution in [0.2, 0.25) is 0 Å². The minimum atomic E-state index is -1.04. The van der Waals surface area contributed by atoms with Gasteiger partial charge in [0, 0.05) is 48.5 Å². The van der Waals surface area contributed by atoms with Crippen LogP contribution < -0.4 is 10.6 Å². The lowest BCUT2D eigenvalue weighted by Gasteiger charge is -2.29. The molecule has 0 atom stereocenters. The highest BCUT2D eigenvalue weighted by Gasteiger charge is 2.42. The summed E-state index contributed by atoms with van der Waals surface area (Å²) in [5, 5.41) is 15.9. The fourth-order valence-electron chi connectivity index (χ4n) is 6.39. The molecule has 2 aromatic carbocycles. The van der Waals surface area contributed by atoms with Crippen molar-refractivity contribution in [2.45, 2.75) is 75.8 Å². The molecular weight excluding hydrogens is 544 g/mol. The number of rotatable bonds is 9. The number of carboxylic acids is 1. The molecule has 0 spiro atoms. The van der Waals surface area contributed by atoms with Gasteiger partial charge in [-0.2, -0.15) is 0 Å². The van der Waals surface area contributed by atoms with E-state index in [2.05, 4.69) is 16.8 Å². The van der Waals surface area contributed by atoms with E-state index < -0.39 is 11.5 Å². The minimum Gasteiger partial charge on any atom is -0.478 e. The van der Waals surface area contributed by atoms with E-state index in [1.165, 1.54) is 30.9 Å². The van der Waals surface area contributed by atoms with Gasteiger partial charge in [-0.25, -0.2) is 4.79 Å². The summed E-state index contributed by atoms with van der Waals surface area (Å²) >= 11 is 0. The highest BCUT2D eigenvalue weighted by atomic mass is 16.4. The SMILES string of the molecule is CN(C)C(=O)Cn1cc(C2CCCCC2)c2ccc(C(=O)NC3(C(=O)Nc4ccc(C=CC(=O)O)cc4)CCCC3)cc21. The summed E-state index contributed by atoms with van der Waals surface area (Å²) in [7, 11) is 3.48. The molecule has 0 radical (unpaired) electrons. The van der Waals surface area contributed by atoms with Crippen LogP contribution in [-0.4, -0.2) is 57.9 Å². The van der Waals surface area contributed by atoms with Gasteiger partial charge in [-0.05, 0) is 73.1 Å². The molecule has 2 aliphatic rings. The van der Waals surface area contributed by atoms with Gasteiger partial charge in [0.1, 0.15) is 12.1 Å². The van der Waals surface area contributed by atoms with Crippen molar-refractivity contribution in [3.8, 4) is 0 Å². The van der Waals surface area contributed by atoms with Gasteiger partial charge < -0.3 is 25.2 Å². The van der Waals surface area contributed by atoms with E-state index in [-0.39, 0.29) is 24.3 Å². The van der Waals surface area contributed by atoms with E-state index in [0.717, 1.165) is 42.7 Å². The molecule has 9 heteroatoms. The van der Waals surface area contributed by atoms with Crippen molar-refractivity contribution < 1.29 is 24.3 Å². The van der Waals surface area contributed by atoms with E-state index in [4.69, 9.17) is 5.11 Å². The number of benzene rings is 2. The van der Waals surface area contributed by atoms with E-state index in [0.29, 0.717) is 35.6 Å². The first-order valence-electron chi connectivity index (χ1n) is 15.1. The second kappa shape index (κ2) is 12.9. The largest absolute Gasteiger partial charge is 0.478 e. The molecule has 1 heterocycles. The first-order chi connectivity index (χ1) is 20.6. The van der Waals surface area contributed by atoms with Gasteiger partial charge in [0.2, 0.25) is 11.8 Å². The molecule has 3 aromatic rings. The van der Waals surface area contributed by atoms with Crippen LogP contribution in [0.3, 0.4) is 0 Å². The fraction of sp³-hybridized carbons (Fsp3) is 0.412. The molecule has 43 heavy (non-hydrogen) atoms. The second-order valence-electron chi connectivity index (χ2n) is 12.1. The fourth-order valence-corrected chi connectivity index (χ4v) is 6.39. The molecule has 0 unspecified atom stereocenters. The molecule has 2 aliphatic carbocycles. The van der Waals surface area contributed by atoms with Gasteiger partial charge in [0.05, 0.1) is 0 Å². The zero-order valence-electron chi connectivity index (χ0n) is 24.9. The summed E-state index contributed by atoms with van der Waals surface area (Å²) in [5.41, 5.74) is 2.77. The first-order valence-corrected chi connectivity index (χ1v) is 15.1. The number of amides is 3. The minimum absolute atomic E-state index is 0.0190. The third kappa shape index (κ3) is 6.82. The zero-order valence-corrected chi connectivity index (χ0v) is 24.9.